The Labute approximate surface area is 167 Å². The number of para-hydroxylation sites is 1. The number of ether oxygens (including phenoxy) is 1. The highest BCUT2D eigenvalue weighted by Crippen LogP contribution is 2.28. The van der Waals surface area contributed by atoms with E-state index < -0.39 is 0 Å². The van der Waals surface area contributed by atoms with Crippen LogP contribution in [0.1, 0.15) is 0 Å². The van der Waals surface area contributed by atoms with Crippen LogP contribution in [0.2, 0.25) is 5.02 Å². The number of amides is 2. The molecule has 2 amide bonds. The van der Waals surface area contributed by atoms with E-state index in [1.54, 1.807) is 18.2 Å². The fourth-order valence-electron chi connectivity index (χ4n) is 3.02. The van der Waals surface area contributed by atoms with E-state index in [0.29, 0.717) is 22.1 Å². The minimum Gasteiger partial charge on any atom is -0.495 e. The van der Waals surface area contributed by atoms with Gasteiger partial charge in [-0.05, 0) is 48.0 Å². The van der Waals surface area contributed by atoms with E-state index in [1.807, 2.05) is 42.5 Å². The van der Waals surface area contributed by atoms with E-state index in [-0.39, 0.29) is 6.03 Å². The van der Waals surface area contributed by atoms with Crippen LogP contribution < -0.4 is 15.4 Å². The molecule has 0 fully saturated rings. The summed E-state index contributed by atoms with van der Waals surface area (Å²) in [5.41, 5.74) is 4.34. The van der Waals surface area contributed by atoms with Crippen molar-refractivity contribution in [2.24, 2.45) is 0 Å². The van der Waals surface area contributed by atoms with Crippen LogP contribution in [-0.2, 0) is 0 Å². The third-order valence-electron chi connectivity index (χ3n) is 4.39. The molecule has 1 aromatic heterocycles. The third-order valence-corrected chi connectivity index (χ3v) is 4.63. The van der Waals surface area contributed by atoms with Crippen LogP contribution in [0.25, 0.3) is 22.2 Å². The lowest BCUT2D eigenvalue weighted by atomic mass is 10.1. The van der Waals surface area contributed by atoms with Crippen molar-refractivity contribution >= 4 is 39.9 Å². The number of rotatable bonds is 4. The molecule has 140 valence electrons. The Balaban J connectivity index is 1.47. The quantitative estimate of drug-likeness (QED) is 0.391. The number of urea groups is 1. The molecule has 0 unspecified atom stereocenters. The molecule has 0 aliphatic heterocycles. The second kappa shape index (κ2) is 7.66. The summed E-state index contributed by atoms with van der Waals surface area (Å²) >= 11 is 5.99. The van der Waals surface area contributed by atoms with Crippen molar-refractivity contribution < 1.29 is 9.53 Å². The number of fused-ring (bicyclic) bond motifs is 1. The number of halogens is 1. The maximum atomic E-state index is 12.3. The monoisotopic (exact) mass is 391 g/mol. The van der Waals surface area contributed by atoms with Gasteiger partial charge in [-0.3, -0.25) is 0 Å². The lowest BCUT2D eigenvalue weighted by Gasteiger charge is -2.11. The molecule has 28 heavy (non-hydrogen) atoms. The molecule has 4 rings (SSSR count). The predicted octanol–water partition coefficient (Wildman–Crippen LogP) is 6.14. The smallest absolute Gasteiger partial charge is 0.323 e. The standard InChI is InChI=1S/C22H18ClN3O2/c1-28-21-11-8-16(23)13-20(21)26-22(27)24-17-9-6-14(7-10-17)19-12-15-4-2-3-5-18(15)25-19/h2-13,25H,1H3,(H2,24,26,27). The van der Waals surface area contributed by atoms with E-state index in [1.165, 1.54) is 7.11 Å². The van der Waals surface area contributed by atoms with Crippen LogP contribution in [-0.4, -0.2) is 18.1 Å². The van der Waals surface area contributed by atoms with Gasteiger partial charge in [0, 0.05) is 27.3 Å². The Morgan fingerprint density at radius 3 is 2.50 bits per heavy atom. The number of aromatic nitrogens is 1. The molecule has 0 saturated heterocycles. The Bertz CT molecular complexity index is 1100. The number of methoxy groups -OCH3 is 1. The number of carbonyl (C=O) groups is 1. The molecule has 0 radical (unpaired) electrons. The van der Waals surface area contributed by atoms with E-state index in [4.69, 9.17) is 16.3 Å². The van der Waals surface area contributed by atoms with Gasteiger partial charge >= 0.3 is 6.03 Å². The molecule has 0 saturated carbocycles. The number of hydrogen-bond acceptors (Lipinski definition) is 2. The van der Waals surface area contributed by atoms with Crippen molar-refractivity contribution in [3.8, 4) is 17.0 Å². The van der Waals surface area contributed by atoms with Crippen molar-refractivity contribution in [1.29, 1.82) is 0 Å². The van der Waals surface area contributed by atoms with Crippen molar-refractivity contribution in [3.63, 3.8) is 0 Å². The molecule has 4 aromatic rings. The van der Waals surface area contributed by atoms with Gasteiger partial charge in [-0.1, -0.05) is 41.9 Å². The van der Waals surface area contributed by atoms with E-state index in [0.717, 1.165) is 22.2 Å². The zero-order valence-electron chi connectivity index (χ0n) is 15.1. The number of H-pyrrole nitrogens is 1. The van der Waals surface area contributed by atoms with Gasteiger partial charge in [0.25, 0.3) is 0 Å². The maximum absolute atomic E-state index is 12.3. The van der Waals surface area contributed by atoms with Crippen LogP contribution >= 0.6 is 11.6 Å². The van der Waals surface area contributed by atoms with E-state index >= 15 is 0 Å². The first-order chi connectivity index (χ1) is 13.6. The first-order valence-corrected chi connectivity index (χ1v) is 9.10. The SMILES string of the molecule is COc1ccc(Cl)cc1NC(=O)Nc1ccc(-c2cc3ccccc3[nH]2)cc1. The first kappa shape index (κ1) is 17.9. The highest BCUT2D eigenvalue weighted by molar-refractivity contribution is 6.31. The van der Waals surface area contributed by atoms with Gasteiger partial charge in [-0.25, -0.2) is 4.79 Å². The largest absolute Gasteiger partial charge is 0.495 e. The summed E-state index contributed by atoms with van der Waals surface area (Å²) in [5.74, 6) is 0.536. The molecule has 0 bridgehead atoms. The number of benzene rings is 3. The molecule has 5 nitrogen and oxygen atoms in total. The normalized spacial score (nSPS) is 10.6. The van der Waals surface area contributed by atoms with Gasteiger partial charge in [-0.15, -0.1) is 0 Å². The minimum atomic E-state index is -0.376. The molecule has 0 spiro atoms. The van der Waals surface area contributed by atoms with Crippen LogP contribution in [0.4, 0.5) is 16.2 Å². The van der Waals surface area contributed by atoms with Gasteiger partial charge < -0.3 is 20.4 Å². The number of hydrogen-bond donors (Lipinski definition) is 3. The average molecular weight is 392 g/mol. The zero-order chi connectivity index (χ0) is 19.5. The number of nitrogens with one attached hydrogen (secondary N) is 3. The fourth-order valence-corrected chi connectivity index (χ4v) is 3.20. The molecule has 1 heterocycles. The lowest BCUT2D eigenvalue weighted by molar-refractivity contribution is 0.262. The van der Waals surface area contributed by atoms with Gasteiger partial charge in [0.2, 0.25) is 0 Å². The van der Waals surface area contributed by atoms with Gasteiger partial charge in [0.05, 0.1) is 12.8 Å². The topological polar surface area (TPSA) is 66.2 Å². The van der Waals surface area contributed by atoms with Crippen molar-refractivity contribution in [2.75, 3.05) is 17.7 Å². The van der Waals surface area contributed by atoms with Crippen LogP contribution in [0.5, 0.6) is 5.75 Å². The van der Waals surface area contributed by atoms with Crippen molar-refractivity contribution in [2.45, 2.75) is 0 Å². The second-order valence-corrected chi connectivity index (χ2v) is 6.71. The number of anilines is 2. The Kier molecular flexibility index (Phi) is 4.91. The van der Waals surface area contributed by atoms with Gasteiger partial charge in [-0.2, -0.15) is 0 Å². The molecule has 3 N–H and O–H groups in total. The Morgan fingerprint density at radius 1 is 0.964 bits per heavy atom. The average Bonchev–Trinajstić information content (AvgIpc) is 3.13. The predicted molar refractivity (Wildman–Crippen MR) is 114 cm³/mol. The summed E-state index contributed by atoms with van der Waals surface area (Å²) in [6.07, 6.45) is 0. The van der Waals surface area contributed by atoms with Crippen LogP contribution in [0.15, 0.2) is 72.8 Å². The van der Waals surface area contributed by atoms with Crippen LogP contribution in [0, 0.1) is 0 Å². The summed E-state index contributed by atoms with van der Waals surface area (Å²) in [6.45, 7) is 0. The minimum absolute atomic E-state index is 0.376. The fraction of sp³-hybridized carbons (Fsp3) is 0.0455. The van der Waals surface area contributed by atoms with E-state index in [9.17, 15) is 4.79 Å². The third kappa shape index (κ3) is 3.80. The molecular formula is C22H18ClN3O2. The van der Waals surface area contributed by atoms with Crippen molar-refractivity contribution in [1.82, 2.24) is 4.98 Å². The Hall–Kier alpha value is -3.44. The Morgan fingerprint density at radius 2 is 1.75 bits per heavy atom. The molecule has 6 heteroatoms. The van der Waals surface area contributed by atoms with E-state index in [2.05, 4.69) is 27.8 Å². The summed E-state index contributed by atoms with van der Waals surface area (Å²) in [6, 6.07) is 22.5. The molecular weight excluding hydrogens is 374 g/mol. The summed E-state index contributed by atoms with van der Waals surface area (Å²) < 4.78 is 5.24. The second-order valence-electron chi connectivity index (χ2n) is 6.27. The van der Waals surface area contributed by atoms with Gasteiger partial charge in [0.15, 0.2) is 0 Å². The van der Waals surface area contributed by atoms with Crippen molar-refractivity contribution in [3.05, 3.63) is 77.8 Å². The first-order valence-electron chi connectivity index (χ1n) is 8.72. The summed E-state index contributed by atoms with van der Waals surface area (Å²) in [5, 5.41) is 7.23. The molecule has 0 atom stereocenters. The zero-order valence-corrected chi connectivity index (χ0v) is 15.9. The van der Waals surface area contributed by atoms with Gasteiger partial charge in [0.1, 0.15) is 5.75 Å². The lowest BCUT2D eigenvalue weighted by Crippen LogP contribution is -2.19. The van der Waals surface area contributed by atoms with Crippen LogP contribution in [0.3, 0.4) is 0 Å². The molecule has 0 aliphatic rings. The molecule has 0 aliphatic carbocycles. The summed E-state index contributed by atoms with van der Waals surface area (Å²) in [7, 11) is 1.54. The maximum Gasteiger partial charge on any atom is 0.323 e. The molecule has 3 aromatic carbocycles. The summed E-state index contributed by atoms with van der Waals surface area (Å²) in [4.78, 5) is 15.7. The highest BCUT2D eigenvalue weighted by atomic mass is 35.5. The number of aromatic amines is 1. The number of carbonyl (C=O) groups excluding carboxylic acids is 1. The highest BCUT2D eigenvalue weighted by Gasteiger charge is 2.09.